The van der Waals surface area contributed by atoms with E-state index in [4.69, 9.17) is 37.4 Å². The number of halogens is 10. The Kier molecular flexibility index (Phi) is 15.5. The van der Waals surface area contributed by atoms with Crippen LogP contribution in [0.4, 0.5) is 50.4 Å². The summed E-state index contributed by atoms with van der Waals surface area (Å²) in [5, 5.41) is 4.58. The van der Waals surface area contributed by atoms with Crippen LogP contribution in [0.25, 0.3) is 0 Å². The van der Waals surface area contributed by atoms with Crippen LogP contribution in [-0.4, -0.2) is 56.2 Å². The van der Waals surface area contributed by atoms with Crippen LogP contribution in [0.3, 0.4) is 0 Å². The van der Waals surface area contributed by atoms with Crippen LogP contribution in [0, 0.1) is 11.6 Å². The first-order valence-electron chi connectivity index (χ1n) is 15.1. The van der Waals surface area contributed by atoms with Crippen molar-refractivity contribution in [3.05, 3.63) is 112 Å². The predicted molar refractivity (Wildman–Crippen MR) is 179 cm³/mol. The number of rotatable bonds is 12. The summed E-state index contributed by atoms with van der Waals surface area (Å²) in [6.45, 7) is 2.88. The summed E-state index contributed by atoms with van der Waals surface area (Å²) in [4.78, 5) is 34.8. The molecule has 0 aromatic heterocycles. The lowest BCUT2D eigenvalue weighted by atomic mass is 10.2. The van der Waals surface area contributed by atoms with E-state index in [1.807, 2.05) is 59.9 Å². The van der Waals surface area contributed by atoms with E-state index in [2.05, 4.69) is 10.1 Å². The summed E-state index contributed by atoms with van der Waals surface area (Å²) in [6.07, 6.45) is -16.4. The number of imide groups is 1. The molecule has 1 atom stereocenters. The van der Waals surface area contributed by atoms with Gasteiger partial charge in [-0.3, -0.25) is 10.1 Å². The molecule has 0 saturated carbocycles. The lowest BCUT2D eigenvalue weighted by Crippen LogP contribution is -2.45. The fraction of sp³-hybridized carbons (Fsp3) is 0.206. The van der Waals surface area contributed by atoms with Crippen LogP contribution >= 0.6 is 23.2 Å². The highest BCUT2D eigenvalue weighted by Crippen LogP contribution is 2.41. The Morgan fingerprint density at radius 1 is 0.796 bits per heavy atom. The highest BCUT2D eigenvalue weighted by molar-refractivity contribution is 6.36. The van der Waals surface area contributed by atoms with Crippen molar-refractivity contribution in [2.75, 3.05) is 25.1 Å². The van der Waals surface area contributed by atoms with Crippen molar-refractivity contribution in [1.29, 1.82) is 0 Å². The number of hydrogen-bond acceptors (Lipinski definition) is 7. The molecule has 4 amide bonds. The van der Waals surface area contributed by atoms with Gasteiger partial charge in [-0.15, -0.1) is 0 Å². The SMILES string of the molecule is CCOC(=O)NCCOc1ccc(Oc2ccccc2)cc1.O=C(NC(=O)c1c(F)cccc1F)Nc1cc(Cl)c(OC(F)(F)C(F)C(F)(F)F)cc1Cl. The van der Waals surface area contributed by atoms with Gasteiger partial charge in [0.1, 0.15) is 46.8 Å². The molecular formula is C34H27Cl2F8N3O7. The molecule has 0 bridgehead atoms. The molecule has 0 aliphatic heterocycles. The zero-order chi connectivity index (χ0) is 40.1. The monoisotopic (exact) mass is 811 g/mol. The predicted octanol–water partition coefficient (Wildman–Crippen LogP) is 9.71. The highest BCUT2D eigenvalue weighted by Gasteiger charge is 2.59. The maximum atomic E-state index is 13.6. The molecule has 4 aromatic rings. The third-order valence-corrected chi connectivity index (χ3v) is 6.84. The van der Waals surface area contributed by atoms with Gasteiger partial charge in [0, 0.05) is 6.07 Å². The summed E-state index contributed by atoms with van der Waals surface area (Å²) in [5.74, 6) is -2.96. The van der Waals surface area contributed by atoms with Crippen molar-refractivity contribution < 1.29 is 68.5 Å². The number of carbonyl (C=O) groups is 3. The molecule has 0 radical (unpaired) electrons. The molecule has 0 aliphatic carbocycles. The minimum Gasteiger partial charge on any atom is -0.492 e. The second kappa shape index (κ2) is 19.5. The Balaban J connectivity index is 0.000000311. The Morgan fingerprint density at radius 3 is 1.98 bits per heavy atom. The normalized spacial score (nSPS) is 11.6. The van der Waals surface area contributed by atoms with Crippen LogP contribution in [-0.2, 0) is 4.74 Å². The average molecular weight is 812 g/mol. The third kappa shape index (κ3) is 13.2. The molecule has 1 unspecified atom stereocenters. The standard InChI is InChI=1S/C17H8Cl2F8N2O3.C17H19NO4/c18-6-5-11(32-17(26,27)14(22)16(23,24)25)7(19)4-10(6)28-15(31)29-13(30)12-8(20)2-1-3-9(12)21;1-2-20-17(19)18-12-13-21-14-8-10-16(11-9-14)22-15-6-4-3-5-7-15/h1-5,14H,(H2,28,29,30,31);3-11H,2,12-13H2,1H3,(H,18,19). The summed E-state index contributed by atoms with van der Waals surface area (Å²) < 4.78 is 123. The Bertz CT molecular complexity index is 1870. The molecular weight excluding hydrogens is 785 g/mol. The molecule has 0 aliphatic rings. The number of urea groups is 1. The lowest BCUT2D eigenvalue weighted by molar-refractivity contribution is -0.304. The Labute approximate surface area is 311 Å². The molecule has 290 valence electrons. The number of anilines is 1. The van der Waals surface area contributed by atoms with E-state index < -0.39 is 75.2 Å². The topological polar surface area (TPSA) is 124 Å². The lowest BCUT2D eigenvalue weighted by Gasteiger charge is -2.24. The smallest absolute Gasteiger partial charge is 0.439 e. The molecule has 0 spiro atoms. The zero-order valence-corrected chi connectivity index (χ0v) is 28.9. The second-order valence-electron chi connectivity index (χ2n) is 10.2. The van der Waals surface area contributed by atoms with Crippen LogP contribution in [0.1, 0.15) is 17.3 Å². The molecule has 0 saturated heterocycles. The quantitative estimate of drug-likeness (QED) is 0.0962. The van der Waals surface area contributed by atoms with Crippen LogP contribution in [0.5, 0.6) is 23.0 Å². The number of carbonyl (C=O) groups excluding carboxylic acids is 3. The fourth-order valence-corrected chi connectivity index (χ4v) is 4.26. The molecule has 20 heteroatoms. The number of nitrogens with one attached hydrogen (secondary N) is 3. The molecule has 0 fully saturated rings. The van der Waals surface area contributed by atoms with Crippen molar-refractivity contribution in [3.8, 4) is 23.0 Å². The average Bonchev–Trinajstić information content (AvgIpc) is 3.09. The van der Waals surface area contributed by atoms with Crippen molar-refractivity contribution in [2.24, 2.45) is 0 Å². The number of alkyl carbamates (subject to hydrolysis) is 1. The van der Waals surface area contributed by atoms with Gasteiger partial charge in [0.05, 0.1) is 28.9 Å². The first-order valence-corrected chi connectivity index (χ1v) is 15.9. The maximum Gasteiger partial charge on any atom is 0.439 e. The second-order valence-corrected chi connectivity index (χ2v) is 11.0. The fourth-order valence-electron chi connectivity index (χ4n) is 3.86. The van der Waals surface area contributed by atoms with Gasteiger partial charge in [0.15, 0.2) is 0 Å². The maximum absolute atomic E-state index is 13.6. The van der Waals surface area contributed by atoms with E-state index in [9.17, 15) is 49.5 Å². The number of hydrogen-bond donors (Lipinski definition) is 3. The van der Waals surface area contributed by atoms with E-state index in [0.29, 0.717) is 37.6 Å². The van der Waals surface area contributed by atoms with Gasteiger partial charge in [-0.05, 0) is 61.5 Å². The van der Waals surface area contributed by atoms with Gasteiger partial charge in [-0.25, -0.2) is 22.8 Å². The van der Waals surface area contributed by atoms with Crippen molar-refractivity contribution in [3.63, 3.8) is 0 Å². The number of ether oxygens (including phenoxy) is 4. The van der Waals surface area contributed by atoms with E-state index in [1.54, 1.807) is 12.2 Å². The molecule has 0 heterocycles. The Morgan fingerprint density at radius 2 is 1.39 bits per heavy atom. The minimum atomic E-state index is -5.94. The summed E-state index contributed by atoms with van der Waals surface area (Å²) in [6, 6.07) is 19.0. The number of alkyl halides is 6. The molecule has 54 heavy (non-hydrogen) atoms. The van der Waals surface area contributed by atoms with Gasteiger partial charge in [0.2, 0.25) is 0 Å². The number of amides is 4. The number of benzene rings is 4. The summed E-state index contributed by atoms with van der Waals surface area (Å²) >= 11 is 11.3. The minimum absolute atomic E-state index is 0.357. The van der Waals surface area contributed by atoms with E-state index in [-0.39, 0.29) is 0 Å². The largest absolute Gasteiger partial charge is 0.492 e. The van der Waals surface area contributed by atoms with Gasteiger partial charge in [-0.1, -0.05) is 47.5 Å². The van der Waals surface area contributed by atoms with Crippen LogP contribution < -0.4 is 30.2 Å². The summed E-state index contributed by atoms with van der Waals surface area (Å²) in [5.41, 5.74) is -1.55. The first kappa shape index (κ1) is 42.9. The zero-order valence-electron chi connectivity index (χ0n) is 27.4. The van der Waals surface area contributed by atoms with Crippen LogP contribution in [0.2, 0.25) is 10.0 Å². The van der Waals surface area contributed by atoms with Gasteiger partial charge < -0.3 is 29.6 Å². The van der Waals surface area contributed by atoms with E-state index in [1.165, 1.54) is 0 Å². The molecule has 4 aromatic carbocycles. The third-order valence-electron chi connectivity index (χ3n) is 6.23. The summed E-state index contributed by atoms with van der Waals surface area (Å²) in [7, 11) is 0. The molecule has 4 rings (SSSR count). The first-order chi connectivity index (χ1) is 25.4. The van der Waals surface area contributed by atoms with Crippen molar-refractivity contribution in [2.45, 2.75) is 25.4 Å². The van der Waals surface area contributed by atoms with Gasteiger partial charge in [-0.2, -0.15) is 22.0 Å². The molecule has 10 nitrogen and oxygen atoms in total. The number of para-hydroxylation sites is 1. The van der Waals surface area contributed by atoms with E-state index in [0.717, 1.165) is 29.7 Å². The Hall–Kier alpha value is -5.49. The van der Waals surface area contributed by atoms with Gasteiger partial charge >= 0.3 is 24.4 Å². The van der Waals surface area contributed by atoms with Crippen molar-refractivity contribution >= 4 is 46.9 Å². The van der Waals surface area contributed by atoms with Crippen molar-refractivity contribution in [1.82, 2.24) is 10.6 Å². The highest BCUT2D eigenvalue weighted by atomic mass is 35.5. The van der Waals surface area contributed by atoms with Crippen LogP contribution in [0.15, 0.2) is 84.9 Å². The molecule has 3 N–H and O–H groups in total. The van der Waals surface area contributed by atoms with Gasteiger partial charge in [0.25, 0.3) is 12.1 Å². The van der Waals surface area contributed by atoms with E-state index >= 15 is 0 Å².